The molecule has 3 heterocycles. The predicted octanol–water partition coefficient (Wildman–Crippen LogP) is 0.714. The highest BCUT2D eigenvalue weighted by Crippen LogP contribution is 2.21. The monoisotopic (exact) mass is 301 g/mol. The Bertz CT molecular complexity index is 809. The number of H-pyrrole nitrogens is 1. The van der Waals surface area contributed by atoms with Gasteiger partial charge in [0.25, 0.3) is 11.6 Å². The molecule has 0 saturated carbocycles. The van der Waals surface area contributed by atoms with Gasteiger partial charge in [-0.3, -0.25) is 4.79 Å². The number of aromatic amines is 1. The molecule has 1 amide bonds. The van der Waals surface area contributed by atoms with E-state index in [2.05, 4.69) is 36.1 Å². The van der Waals surface area contributed by atoms with E-state index in [-0.39, 0.29) is 11.9 Å². The van der Waals surface area contributed by atoms with Crippen LogP contribution in [-0.2, 0) is 6.42 Å². The van der Waals surface area contributed by atoms with Crippen molar-refractivity contribution in [2.75, 3.05) is 0 Å². The molecule has 0 radical (unpaired) electrons. The summed E-state index contributed by atoms with van der Waals surface area (Å²) >= 11 is 0. The molecule has 3 aromatic rings. The van der Waals surface area contributed by atoms with Gasteiger partial charge in [0.1, 0.15) is 0 Å². The number of hydrogen-bond acceptors (Lipinski definition) is 7. The van der Waals surface area contributed by atoms with Crippen molar-refractivity contribution in [2.24, 2.45) is 0 Å². The van der Waals surface area contributed by atoms with Crippen LogP contribution in [0.25, 0.3) is 11.1 Å². The van der Waals surface area contributed by atoms with Crippen LogP contribution in [0.1, 0.15) is 34.5 Å². The highest BCUT2D eigenvalue weighted by Gasteiger charge is 2.19. The van der Waals surface area contributed by atoms with E-state index >= 15 is 0 Å². The molecule has 0 aliphatic carbocycles. The fourth-order valence-electron chi connectivity index (χ4n) is 2.29. The van der Waals surface area contributed by atoms with Crippen LogP contribution in [0, 0.1) is 13.8 Å². The molecule has 1 atom stereocenters. The zero-order valence-electron chi connectivity index (χ0n) is 12.4. The van der Waals surface area contributed by atoms with Gasteiger partial charge in [0.15, 0.2) is 5.82 Å². The highest BCUT2D eigenvalue weighted by molar-refractivity contribution is 6.06. The summed E-state index contributed by atoms with van der Waals surface area (Å²) in [7, 11) is 0. The van der Waals surface area contributed by atoms with E-state index in [1.165, 1.54) is 0 Å². The zero-order chi connectivity index (χ0) is 15.7. The van der Waals surface area contributed by atoms with Gasteiger partial charge in [-0.1, -0.05) is 10.4 Å². The summed E-state index contributed by atoms with van der Waals surface area (Å²) in [5, 5.41) is 21.0. The summed E-state index contributed by atoms with van der Waals surface area (Å²) in [6.07, 6.45) is 0.484. The number of rotatable bonds is 4. The number of carbonyl (C=O) groups is 1. The summed E-state index contributed by atoms with van der Waals surface area (Å²) < 4.78 is 5.14. The van der Waals surface area contributed by atoms with Crippen molar-refractivity contribution < 1.29 is 9.32 Å². The third kappa shape index (κ3) is 2.65. The second-order valence-electron chi connectivity index (χ2n) is 5.17. The number of amides is 1. The maximum Gasteiger partial charge on any atom is 0.258 e. The molecule has 0 aromatic carbocycles. The summed E-state index contributed by atoms with van der Waals surface area (Å²) in [5.41, 5.74) is 2.20. The summed E-state index contributed by atoms with van der Waals surface area (Å²) in [6.45, 7) is 5.46. The van der Waals surface area contributed by atoms with E-state index < -0.39 is 0 Å². The van der Waals surface area contributed by atoms with E-state index in [0.717, 1.165) is 0 Å². The van der Waals surface area contributed by atoms with Gasteiger partial charge >= 0.3 is 0 Å². The first-order chi connectivity index (χ1) is 10.5. The molecule has 0 saturated heterocycles. The van der Waals surface area contributed by atoms with Crippen molar-refractivity contribution in [3.63, 3.8) is 0 Å². The molecule has 0 aliphatic heterocycles. The van der Waals surface area contributed by atoms with Crippen molar-refractivity contribution in [2.45, 2.75) is 33.2 Å². The predicted molar refractivity (Wildman–Crippen MR) is 76.1 cm³/mol. The summed E-state index contributed by atoms with van der Waals surface area (Å²) in [5.74, 6) is 0.336. The SMILES string of the molecule is Cc1cc(C(=O)NC(C)Cc2nn[nH]n2)c2c(C)noc2n1. The normalized spacial score (nSPS) is 12.5. The third-order valence-electron chi connectivity index (χ3n) is 3.25. The molecular formula is C13H15N7O2. The Morgan fingerprint density at radius 3 is 3.00 bits per heavy atom. The lowest BCUT2D eigenvalue weighted by Gasteiger charge is -2.12. The van der Waals surface area contributed by atoms with E-state index in [0.29, 0.717) is 40.3 Å². The van der Waals surface area contributed by atoms with E-state index in [4.69, 9.17) is 4.52 Å². The minimum absolute atomic E-state index is 0.145. The Labute approximate surface area is 125 Å². The first kappa shape index (κ1) is 14.1. The first-order valence-corrected chi connectivity index (χ1v) is 6.81. The van der Waals surface area contributed by atoms with Gasteiger partial charge in [-0.15, -0.1) is 10.2 Å². The van der Waals surface area contributed by atoms with E-state index in [1.807, 2.05) is 6.92 Å². The van der Waals surface area contributed by atoms with E-state index in [1.54, 1.807) is 19.9 Å². The van der Waals surface area contributed by atoms with Gasteiger partial charge in [0, 0.05) is 18.2 Å². The van der Waals surface area contributed by atoms with Crippen molar-refractivity contribution in [3.05, 3.63) is 28.8 Å². The van der Waals surface area contributed by atoms with Crippen LogP contribution >= 0.6 is 0 Å². The number of aromatic nitrogens is 6. The number of hydrogen-bond donors (Lipinski definition) is 2. The number of nitrogens with one attached hydrogen (secondary N) is 2. The number of tetrazole rings is 1. The van der Waals surface area contributed by atoms with Gasteiger partial charge in [-0.05, 0) is 26.8 Å². The van der Waals surface area contributed by atoms with Crippen LogP contribution in [0.15, 0.2) is 10.6 Å². The van der Waals surface area contributed by atoms with Crippen molar-refractivity contribution >= 4 is 17.0 Å². The van der Waals surface area contributed by atoms with Crippen molar-refractivity contribution in [1.29, 1.82) is 0 Å². The Hall–Kier alpha value is -2.84. The molecule has 0 fully saturated rings. The molecule has 9 nitrogen and oxygen atoms in total. The van der Waals surface area contributed by atoms with Gasteiger partial charge < -0.3 is 9.84 Å². The molecule has 0 aliphatic rings. The standard InChI is InChI=1S/C13H15N7O2/c1-6-4-9(11-8(3)18-22-13(11)15-6)12(21)14-7(2)5-10-16-19-20-17-10/h4,7H,5H2,1-3H3,(H,14,21)(H,16,17,19,20). The molecular weight excluding hydrogens is 286 g/mol. The minimum Gasteiger partial charge on any atom is -0.349 e. The van der Waals surface area contributed by atoms with Crippen LogP contribution in [0.5, 0.6) is 0 Å². The van der Waals surface area contributed by atoms with E-state index in [9.17, 15) is 4.79 Å². The third-order valence-corrected chi connectivity index (χ3v) is 3.25. The van der Waals surface area contributed by atoms with Gasteiger partial charge in [0.05, 0.1) is 16.6 Å². The second-order valence-corrected chi connectivity index (χ2v) is 5.17. The Kier molecular flexibility index (Phi) is 3.53. The molecule has 114 valence electrons. The highest BCUT2D eigenvalue weighted by atomic mass is 16.5. The number of carbonyl (C=O) groups excluding carboxylic acids is 1. The number of nitrogens with zero attached hydrogens (tertiary/aromatic N) is 5. The molecule has 22 heavy (non-hydrogen) atoms. The Balaban J connectivity index is 1.84. The summed E-state index contributed by atoms with van der Waals surface area (Å²) in [4.78, 5) is 16.8. The van der Waals surface area contributed by atoms with Crippen molar-refractivity contribution in [1.82, 2.24) is 36.1 Å². The fraction of sp³-hybridized carbons (Fsp3) is 0.385. The zero-order valence-corrected chi connectivity index (χ0v) is 12.4. The number of aryl methyl sites for hydroxylation is 2. The Morgan fingerprint density at radius 1 is 1.45 bits per heavy atom. The lowest BCUT2D eigenvalue weighted by atomic mass is 10.1. The molecule has 1 unspecified atom stereocenters. The molecule has 9 heteroatoms. The minimum atomic E-state index is -0.210. The second kappa shape index (κ2) is 5.51. The number of pyridine rings is 1. The lowest BCUT2D eigenvalue weighted by Crippen LogP contribution is -2.34. The first-order valence-electron chi connectivity index (χ1n) is 6.81. The average molecular weight is 301 g/mol. The van der Waals surface area contributed by atoms with Crippen LogP contribution in [0.3, 0.4) is 0 Å². The molecule has 0 bridgehead atoms. The molecule has 0 spiro atoms. The molecule has 2 N–H and O–H groups in total. The van der Waals surface area contributed by atoms with Gasteiger partial charge in [-0.2, -0.15) is 5.21 Å². The average Bonchev–Trinajstić information content (AvgIpc) is 3.08. The lowest BCUT2D eigenvalue weighted by molar-refractivity contribution is 0.0941. The van der Waals surface area contributed by atoms with Crippen LogP contribution in [-0.4, -0.2) is 42.7 Å². The van der Waals surface area contributed by atoms with Crippen LogP contribution < -0.4 is 5.32 Å². The Morgan fingerprint density at radius 2 is 2.27 bits per heavy atom. The quantitative estimate of drug-likeness (QED) is 0.727. The molecule has 3 rings (SSSR count). The summed E-state index contributed by atoms with van der Waals surface area (Å²) in [6, 6.07) is 1.58. The van der Waals surface area contributed by atoms with Crippen LogP contribution in [0.2, 0.25) is 0 Å². The maximum atomic E-state index is 12.5. The van der Waals surface area contributed by atoms with Crippen molar-refractivity contribution in [3.8, 4) is 0 Å². The maximum absolute atomic E-state index is 12.5. The smallest absolute Gasteiger partial charge is 0.258 e. The number of fused-ring (bicyclic) bond motifs is 1. The largest absolute Gasteiger partial charge is 0.349 e. The topological polar surface area (TPSA) is 122 Å². The fourth-order valence-corrected chi connectivity index (χ4v) is 2.29. The molecule has 3 aromatic heterocycles. The van der Waals surface area contributed by atoms with Gasteiger partial charge in [-0.25, -0.2) is 4.98 Å². The van der Waals surface area contributed by atoms with Crippen LogP contribution in [0.4, 0.5) is 0 Å². The van der Waals surface area contributed by atoms with Gasteiger partial charge in [0.2, 0.25) is 0 Å².